The monoisotopic (exact) mass is 345 g/mol. The Hall–Kier alpha value is -2.23. The van der Waals surface area contributed by atoms with Crippen LogP contribution in [0.25, 0.3) is 10.9 Å². The first-order valence-electron chi connectivity index (χ1n) is 9.70. The van der Waals surface area contributed by atoms with Crippen LogP contribution in [0.5, 0.6) is 0 Å². The molecular weight excluding hydrogens is 318 g/mol. The molecule has 1 aliphatic heterocycles. The average molecular weight is 345 g/mol. The molecule has 0 atom stereocenters. The Labute approximate surface area is 156 Å². The first kappa shape index (κ1) is 17.2. The smallest absolute Gasteiger partial charge is 0.0705 e. The number of fused-ring (bicyclic) bond motifs is 1. The summed E-state index contributed by atoms with van der Waals surface area (Å²) in [5.74, 6) is 0. The highest BCUT2D eigenvalue weighted by molar-refractivity contribution is 5.78. The lowest BCUT2D eigenvalue weighted by molar-refractivity contribution is 0.125. The topological polar surface area (TPSA) is 19.4 Å². The number of hydrogen-bond donors (Lipinski definition) is 0. The van der Waals surface area contributed by atoms with Crippen molar-refractivity contribution in [3.8, 4) is 0 Å². The molecule has 0 saturated carbocycles. The summed E-state index contributed by atoms with van der Waals surface area (Å²) in [5.41, 5.74) is 3.74. The van der Waals surface area contributed by atoms with Crippen LogP contribution in [-0.2, 0) is 13.0 Å². The van der Waals surface area contributed by atoms with Gasteiger partial charge in [0.25, 0.3) is 0 Å². The molecule has 4 rings (SSSR count). The number of para-hydroxylation sites is 1. The Kier molecular flexibility index (Phi) is 5.58. The van der Waals surface area contributed by atoms with Crippen molar-refractivity contribution in [2.24, 2.45) is 0 Å². The van der Waals surface area contributed by atoms with Gasteiger partial charge in [-0.3, -0.25) is 9.88 Å². The number of rotatable bonds is 6. The minimum Gasteiger partial charge on any atom is -0.301 e. The summed E-state index contributed by atoms with van der Waals surface area (Å²) in [6.45, 7) is 6.78. The maximum atomic E-state index is 4.82. The molecule has 2 aromatic carbocycles. The summed E-state index contributed by atoms with van der Waals surface area (Å²) >= 11 is 0. The fourth-order valence-corrected chi connectivity index (χ4v) is 3.75. The van der Waals surface area contributed by atoms with Crippen LogP contribution < -0.4 is 0 Å². The molecule has 0 spiro atoms. The maximum Gasteiger partial charge on any atom is 0.0705 e. The van der Waals surface area contributed by atoms with E-state index in [1.807, 2.05) is 0 Å². The van der Waals surface area contributed by atoms with Gasteiger partial charge in [0.15, 0.2) is 0 Å². The van der Waals surface area contributed by atoms with Gasteiger partial charge in [-0.05, 0) is 37.1 Å². The molecule has 0 unspecified atom stereocenters. The molecule has 1 aromatic heterocycles. The van der Waals surface area contributed by atoms with E-state index in [4.69, 9.17) is 4.98 Å². The van der Waals surface area contributed by atoms with Crippen molar-refractivity contribution in [1.29, 1.82) is 0 Å². The van der Waals surface area contributed by atoms with E-state index >= 15 is 0 Å². The number of hydrogen-bond acceptors (Lipinski definition) is 3. The third-order valence-corrected chi connectivity index (χ3v) is 5.29. The van der Waals surface area contributed by atoms with E-state index in [1.165, 1.54) is 49.1 Å². The lowest BCUT2D eigenvalue weighted by Crippen LogP contribution is -2.46. The van der Waals surface area contributed by atoms with Crippen LogP contribution in [0.4, 0.5) is 0 Å². The van der Waals surface area contributed by atoms with Crippen molar-refractivity contribution in [3.05, 3.63) is 78.0 Å². The fraction of sp³-hybridized carbons (Fsp3) is 0.348. The van der Waals surface area contributed by atoms with Crippen molar-refractivity contribution >= 4 is 10.9 Å². The Morgan fingerprint density at radius 2 is 1.46 bits per heavy atom. The van der Waals surface area contributed by atoms with E-state index in [1.54, 1.807) is 0 Å². The SMILES string of the molecule is c1ccc(CCCN2CCN(Cc3ccc4ccccc4n3)CC2)cc1. The summed E-state index contributed by atoms with van der Waals surface area (Å²) in [6, 6.07) is 23.5. The van der Waals surface area contributed by atoms with Gasteiger partial charge in [0.2, 0.25) is 0 Å². The third-order valence-electron chi connectivity index (χ3n) is 5.29. The van der Waals surface area contributed by atoms with Gasteiger partial charge in [0.1, 0.15) is 0 Å². The van der Waals surface area contributed by atoms with E-state index < -0.39 is 0 Å². The first-order chi connectivity index (χ1) is 12.9. The number of pyridine rings is 1. The predicted molar refractivity (Wildman–Crippen MR) is 108 cm³/mol. The molecule has 0 N–H and O–H groups in total. The van der Waals surface area contributed by atoms with Gasteiger partial charge in [-0.2, -0.15) is 0 Å². The molecule has 2 heterocycles. The van der Waals surface area contributed by atoms with E-state index in [9.17, 15) is 0 Å². The molecule has 3 heteroatoms. The summed E-state index contributed by atoms with van der Waals surface area (Å²) in [6.07, 6.45) is 2.43. The summed E-state index contributed by atoms with van der Waals surface area (Å²) in [4.78, 5) is 9.95. The van der Waals surface area contributed by atoms with Gasteiger partial charge < -0.3 is 4.90 Å². The van der Waals surface area contributed by atoms with Gasteiger partial charge in [-0.15, -0.1) is 0 Å². The Morgan fingerprint density at radius 1 is 0.731 bits per heavy atom. The van der Waals surface area contributed by atoms with Gasteiger partial charge in [0.05, 0.1) is 11.2 Å². The normalized spacial score (nSPS) is 16.2. The van der Waals surface area contributed by atoms with Crippen LogP contribution in [-0.4, -0.2) is 47.5 Å². The third kappa shape index (κ3) is 4.48. The number of aromatic nitrogens is 1. The Morgan fingerprint density at radius 3 is 2.31 bits per heavy atom. The largest absolute Gasteiger partial charge is 0.301 e. The van der Waals surface area contributed by atoms with E-state index in [2.05, 4.69) is 76.5 Å². The van der Waals surface area contributed by atoms with Gasteiger partial charge >= 0.3 is 0 Å². The van der Waals surface area contributed by atoms with Crippen molar-refractivity contribution in [3.63, 3.8) is 0 Å². The minimum absolute atomic E-state index is 0.961. The molecule has 1 fully saturated rings. The summed E-state index contributed by atoms with van der Waals surface area (Å²) in [7, 11) is 0. The van der Waals surface area contributed by atoms with Gasteiger partial charge in [-0.1, -0.05) is 54.6 Å². The predicted octanol–water partition coefficient (Wildman–Crippen LogP) is 3.99. The number of benzene rings is 2. The molecule has 26 heavy (non-hydrogen) atoms. The second kappa shape index (κ2) is 8.43. The molecule has 0 radical (unpaired) electrons. The van der Waals surface area contributed by atoms with Crippen LogP contribution in [0, 0.1) is 0 Å². The summed E-state index contributed by atoms with van der Waals surface area (Å²) in [5, 5.41) is 1.22. The second-order valence-corrected chi connectivity index (χ2v) is 7.20. The highest BCUT2D eigenvalue weighted by atomic mass is 15.3. The van der Waals surface area contributed by atoms with Gasteiger partial charge in [-0.25, -0.2) is 0 Å². The van der Waals surface area contributed by atoms with Gasteiger partial charge in [0, 0.05) is 38.1 Å². The second-order valence-electron chi connectivity index (χ2n) is 7.20. The maximum absolute atomic E-state index is 4.82. The number of aryl methyl sites for hydroxylation is 1. The van der Waals surface area contributed by atoms with Crippen LogP contribution in [0.15, 0.2) is 66.7 Å². The molecular formula is C23H27N3. The van der Waals surface area contributed by atoms with Crippen molar-refractivity contribution in [2.45, 2.75) is 19.4 Å². The zero-order valence-corrected chi connectivity index (χ0v) is 15.3. The Bertz CT molecular complexity index is 823. The van der Waals surface area contributed by atoms with E-state index in [0.29, 0.717) is 0 Å². The number of piperazine rings is 1. The average Bonchev–Trinajstić information content (AvgIpc) is 2.70. The highest BCUT2D eigenvalue weighted by Gasteiger charge is 2.17. The number of nitrogens with zero attached hydrogens (tertiary/aromatic N) is 3. The minimum atomic E-state index is 0.961. The molecule has 3 aromatic rings. The molecule has 0 aliphatic carbocycles. The highest BCUT2D eigenvalue weighted by Crippen LogP contribution is 2.14. The lowest BCUT2D eigenvalue weighted by atomic mass is 10.1. The van der Waals surface area contributed by atoms with E-state index in [-0.39, 0.29) is 0 Å². The standard InChI is InChI=1S/C23H27N3/c1-2-7-20(8-3-1)9-6-14-25-15-17-26(18-16-25)19-22-13-12-21-10-4-5-11-23(21)24-22/h1-5,7-8,10-13H,6,9,14-19H2. The molecule has 0 bridgehead atoms. The molecule has 1 aliphatic rings. The quantitative estimate of drug-likeness (QED) is 0.673. The fourth-order valence-electron chi connectivity index (χ4n) is 3.75. The van der Waals surface area contributed by atoms with Crippen LogP contribution >= 0.6 is 0 Å². The molecule has 134 valence electrons. The molecule has 3 nitrogen and oxygen atoms in total. The molecule has 1 saturated heterocycles. The first-order valence-corrected chi connectivity index (χ1v) is 9.70. The van der Waals surface area contributed by atoms with Crippen molar-refractivity contribution in [2.75, 3.05) is 32.7 Å². The Balaban J connectivity index is 1.23. The van der Waals surface area contributed by atoms with Crippen molar-refractivity contribution < 1.29 is 0 Å². The van der Waals surface area contributed by atoms with E-state index in [0.717, 1.165) is 25.2 Å². The zero-order valence-electron chi connectivity index (χ0n) is 15.3. The zero-order chi connectivity index (χ0) is 17.6. The van der Waals surface area contributed by atoms with Crippen LogP contribution in [0.1, 0.15) is 17.7 Å². The van der Waals surface area contributed by atoms with Crippen LogP contribution in [0.3, 0.4) is 0 Å². The van der Waals surface area contributed by atoms with Crippen molar-refractivity contribution in [1.82, 2.24) is 14.8 Å². The summed E-state index contributed by atoms with van der Waals surface area (Å²) < 4.78 is 0. The molecule has 0 amide bonds. The lowest BCUT2D eigenvalue weighted by Gasteiger charge is -2.34. The van der Waals surface area contributed by atoms with Crippen LogP contribution in [0.2, 0.25) is 0 Å².